The Labute approximate surface area is 108 Å². The Morgan fingerprint density at radius 2 is 1.89 bits per heavy atom. The standard InChI is InChI=1S/C13H10ClF2NO/c14-10-3-1-8(5-12(10)17)7-18-13-4-2-9(15)6-11(13)16/h1-6H,7,17H2. The zero-order valence-electron chi connectivity index (χ0n) is 9.29. The number of nitrogens with two attached hydrogens (primary N) is 1. The first-order valence-electron chi connectivity index (χ1n) is 5.18. The van der Waals surface area contributed by atoms with Crippen LogP contribution in [0.25, 0.3) is 0 Å². The minimum absolute atomic E-state index is 0.00933. The van der Waals surface area contributed by atoms with Crippen LogP contribution in [-0.2, 0) is 6.61 Å². The summed E-state index contributed by atoms with van der Waals surface area (Å²) in [6.45, 7) is 0.129. The second-order valence-corrected chi connectivity index (χ2v) is 4.13. The summed E-state index contributed by atoms with van der Waals surface area (Å²) in [5, 5.41) is 0.451. The maximum atomic E-state index is 13.3. The molecule has 0 aliphatic carbocycles. The molecule has 2 rings (SSSR count). The van der Waals surface area contributed by atoms with Gasteiger partial charge in [0.05, 0.1) is 10.7 Å². The summed E-state index contributed by atoms with van der Waals surface area (Å²) in [5.41, 5.74) is 6.81. The highest BCUT2D eigenvalue weighted by Gasteiger charge is 2.05. The fraction of sp³-hybridized carbons (Fsp3) is 0.0769. The number of ether oxygens (including phenoxy) is 1. The van der Waals surface area contributed by atoms with Gasteiger partial charge in [-0.25, -0.2) is 8.78 Å². The lowest BCUT2D eigenvalue weighted by molar-refractivity contribution is 0.289. The van der Waals surface area contributed by atoms with E-state index >= 15 is 0 Å². The Morgan fingerprint density at radius 3 is 2.56 bits per heavy atom. The second kappa shape index (κ2) is 5.23. The van der Waals surface area contributed by atoms with E-state index in [-0.39, 0.29) is 12.4 Å². The van der Waals surface area contributed by atoms with Crippen LogP contribution in [0.3, 0.4) is 0 Å². The van der Waals surface area contributed by atoms with E-state index in [1.165, 1.54) is 6.07 Å². The van der Waals surface area contributed by atoms with Crippen LogP contribution in [0.4, 0.5) is 14.5 Å². The molecule has 2 nitrogen and oxygen atoms in total. The second-order valence-electron chi connectivity index (χ2n) is 3.72. The van der Waals surface area contributed by atoms with Crippen LogP contribution in [0.15, 0.2) is 36.4 Å². The van der Waals surface area contributed by atoms with Crippen LogP contribution in [0.5, 0.6) is 5.75 Å². The molecular formula is C13H10ClF2NO. The van der Waals surface area contributed by atoms with Crippen LogP contribution < -0.4 is 10.5 Å². The van der Waals surface area contributed by atoms with Crippen molar-refractivity contribution in [3.63, 3.8) is 0 Å². The van der Waals surface area contributed by atoms with Crippen LogP contribution in [0, 0.1) is 11.6 Å². The highest BCUT2D eigenvalue weighted by Crippen LogP contribution is 2.22. The van der Waals surface area contributed by atoms with E-state index in [4.69, 9.17) is 22.1 Å². The Hall–Kier alpha value is -1.81. The van der Waals surface area contributed by atoms with E-state index in [1.54, 1.807) is 18.2 Å². The van der Waals surface area contributed by atoms with Crippen molar-refractivity contribution in [3.05, 3.63) is 58.6 Å². The molecular weight excluding hydrogens is 260 g/mol. The van der Waals surface area contributed by atoms with Gasteiger partial charge in [-0.15, -0.1) is 0 Å². The minimum Gasteiger partial charge on any atom is -0.486 e. The summed E-state index contributed by atoms with van der Waals surface area (Å²) in [7, 11) is 0. The fourth-order valence-corrected chi connectivity index (χ4v) is 1.55. The molecule has 2 N–H and O–H groups in total. The number of hydrogen-bond acceptors (Lipinski definition) is 2. The average molecular weight is 270 g/mol. The summed E-state index contributed by atoms with van der Waals surface area (Å²) in [5.74, 6) is -1.39. The van der Waals surface area contributed by atoms with E-state index in [0.717, 1.165) is 17.7 Å². The Kier molecular flexibility index (Phi) is 3.67. The van der Waals surface area contributed by atoms with Gasteiger partial charge in [0, 0.05) is 6.07 Å². The predicted octanol–water partition coefficient (Wildman–Crippen LogP) is 3.78. The van der Waals surface area contributed by atoms with Crippen LogP contribution in [0.2, 0.25) is 5.02 Å². The van der Waals surface area contributed by atoms with E-state index < -0.39 is 11.6 Å². The third kappa shape index (κ3) is 2.90. The molecule has 94 valence electrons. The first-order chi connectivity index (χ1) is 8.56. The van der Waals surface area contributed by atoms with Gasteiger partial charge in [0.2, 0.25) is 0 Å². The normalized spacial score (nSPS) is 10.4. The van der Waals surface area contributed by atoms with Gasteiger partial charge in [-0.1, -0.05) is 17.7 Å². The molecule has 0 atom stereocenters. The molecule has 0 fully saturated rings. The van der Waals surface area contributed by atoms with Gasteiger partial charge in [-0.05, 0) is 29.8 Å². The number of hydrogen-bond donors (Lipinski definition) is 1. The molecule has 0 heterocycles. The lowest BCUT2D eigenvalue weighted by Crippen LogP contribution is -1.99. The maximum absolute atomic E-state index is 13.3. The predicted molar refractivity (Wildman–Crippen MR) is 66.6 cm³/mol. The first-order valence-corrected chi connectivity index (χ1v) is 5.56. The lowest BCUT2D eigenvalue weighted by Gasteiger charge is -2.08. The van der Waals surface area contributed by atoms with Crippen LogP contribution >= 0.6 is 11.6 Å². The number of anilines is 1. The Balaban J connectivity index is 2.09. The Bertz CT molecular complexity index is 575. The third-order valence-electron chi connectivity index (χ3n) is 2.35. The minimum atomic E-state index is -0.739. The number of nitrogen functional groups attached to an aromatic ring is 1. The number of halogens is 3. The molecule has 18 heavy (non-hydrogen) atoms. The highest BCUT2D eigenvalue weighted by atomic mass is 35.5. The molecule has 0 saturated carbocycles. The van der Waals surface area contributed by atoms with Crippen LogP contribution in [0.1, 0.15) is 5.56 Å². The molecule has 2 aromatic rings. The molecule has 5 heteroatoms. The molecule has 0 spiro atoms. The largest absolute Gasteiger partial charge is 0.486 e. The molecule has 2 aromatic carbocycles. The van der Waals surface area contributed by atoms with E-state index in [9.17, 15) is 8.78 Å². The molecule has 0 aromatic heterocycles. The third-order valence-corrected chi connectivity index (χ3v) is 2.69. The molecule has 0 radical (unpaired) electrons. The van der Waals surface area contributed by atoms with Crippen molar-refractivity contribution in [3.8, 4) is 5.75 Å². The maximum Gasteiger partial charge on any atom is 0.167 e. The summed E-state index contributed by atoms with van der Waals surface area (Å²) >= 11 is 5.77. The van der Waals surface area contributed by atoms with Gasteiger partial charge in [0.25, 0.3) is 0 Å². The van der Waals surface area contributed by atoms with E-state index in [1.807, 2.05) is 0 Å². The average Bonchev–Trinajstić information content (AvgIpc) is 2.32. The van der Waals surface area contributed by atoms with E-state index in [0.29, 0.717) is 10.7 Å². The quantitative estimate of drug-likeness (QED) is 0.861. The van der Waals surface area contributed by atoms with Crippen molar-refractivity contribution in [2.24, 2.45) is 0 Å². The van der Waals surface area contributed by atoms with Crippen molar-refractivity contribution >= 4 is 17.3 Å². The van der Waals surface area contributed by atoms with Gasteiger partial charge in [0.15, 0.2) is 11.6 Å². The fourth-order valence-electron chi connectivity index (χ4n) is 1.44. The zero-order chi connectivity index (χ0) is 13.1. The van der Waals surface area contributed by atoms with Gasteiger partial charge >= 0.3 is 0 Å². The zero-order valence-corrected chi connectivity index (χ0v) is 10.0. The summed E-state index contributed by atoms with van der Waals surface area (Å²) in [6.07, 6.45) is 0. The molecule has 0 unspecified atom stereocenters. The SMILES string of the molecule is Nc1cc(COc2ccc(F)cc2F)ccc1Cl. The van der Waals surface area contributed by atoms with Crippen LogP contribution in [-0.4, -0.2) is 0 Å². The first kappa shape index (κ1) is 12.6. The molecule has 0 amide bonds. The molecule has 0 saturated heterocycles. The van der Waals surface area contributed by atoms with E-state index in [2.05, 4.69) is 0 Å². The molecule has 0 aliphatic heterocycles. The van der Waals surface area contributed by atoms with Crippen molar-refractivity contribution < 1.29 is 13.5 Å². The topological polar surface area (TPSA) is 35.2 Å². The van der Waals surface area contributed by atoms with Crippen molar-refractivity contribution in [2.75, 3.05) is 5.73 Å². The van der Waals surface area contributed by atoms with Crippen molar-refractivity contribution in [2.45, 2.75) is 6.61 Å². The van der Waals surface area contributed by atoms with Gasteiger partial charge in [-0.3, -0.25) is 0 Å². The van der Waals surface area contributed by atoms with Crippen molar-refractivity contribution in [1.29, 1.82) is 0 Å². The lowest BCUT2D eigenvalue weighted by atomic mass is 10.2. The number of rotatable bonds is 3. The Morgan fingerprint density at radius 1 is 1.11 bits per heavy atom. The summed E-state index contributed by atoms with van der Waals surface area (Å²) in [6, 6.07) is 8.14. The highest BCUT2D eigenvalue weighted by molar-refractivity contribution is 6.33. The van der Waals surface area contributed by atoms with Gasteiger partial charge in [-0.2, -0.15) is 0 Å². The number of benzene rings is 2. The van der Waals surface area contributed by atoms with Gasteiger partial charge in [0.1, 0.15) is 12.4 Å². The summed E-state index contributed by atoms with van der Waals surface area (Å²) < 4.78 is 31.2. The van der Waals surface area contributed by atoms with Gasteiger partial charge < -0.3 is 10.5 Å². The molecule has 0 bridgehead atoms. The van der Waals surface area contributed by atoms with Crippen molar-refractivity contribution in [1.82, 2.24) is 0 Å². The monoisotopic (exact) mass is 269 g/mol. The smallest absolute Gasteiger partial charge is 0.167 e. The summed E-state index contributed by atoms with van der Waals surface area (Å²) in [4.78, 5) is 0. The molecule has 0 aliphatic rings.